The third-order valence-corrected chi connectivity index (χ3v) is 8.20. The summed E-state index contributed by atoms with van der Waals surface area (Å²) in [7, 11) is -3.72. The topological polar surface area (TPSA) is 166 Å². The Morgan fingerprint density at radius 1 is 1.39 bits per heavy atom. The van der Waals surface area contributed by atoms with Gasteiger partial charge in [-0.25, -0.2) is 9.18 Å². The molecule has 2 atom stereocenters. The summed E-state index contributed by atoms with van der Waals surface area (Å²) in [6, 6.07) is 2.74. The predicted octanol–water partition coefficient (Wildman–Crippen LogP) is 2.91. The van der Waals surface area contributed by atoms with Crippen LogP contribution in [0.2, 0.25) is 0 Å². The molecule has 1 aliphatic rings. The van der Waals surface area contributed by atoms with E-state index in [0.29, 0.717) is 0 Å². The first-order valence-electron chi connectivity index (χ1n) is 8.21. The van der Waals surface area contributed by atoms with Crippen LogP contribution < -0.4 is 5.32 Å². The number of nitrogens with zero attached hydrogens (tertiary/aromatic N) is 2. The maximum absolute atomic E-state index is 14.7. The SMILES string of the molecule is CC1(C)C(NC(=O)O)=N[C@](C)(c2cc([N+](=O)[O-])ccc2F)[C@H](CCO)S1(O)O. The number of aliphatic hydroxyl groups is 1. The summed E-state index contributed by atoms with van der Waals surface area (Å²) in [6.45, 7) is 3.57. The standard InChI is InChI=1S/C16H22FN3O7S/c1-15(2)13(18-14(22)23)19-16(3,12(6-7-21)28(15,26)27)10-8-9(20(24)25)4-5-11(10)17/h4-5,8,12,21,26-27H,6-7H2,1-3H3,(H,18,19)(H,22,23)/t12-,16+/m0/s1. The van der Waals surface area contributed by atoms with Gasteiger partial charge in [-0.3, -0.25) is 29.5 Å². The van der Waals surface area contributed by atoms with E-state index in [0.717, 1.165) is 18.2 Å². The lowest BCUT2D eigenvalue weighted by Gasteiger charge is -2.59. The van der Waals surface area contributed by atoms with E-state index in [2.05, 4.69) is 4.99 Å². The van der Waals surface area contributed by atoms with Gasteiger partial charge in [-0.2, -0.15) is 10.6 Å². The molecule has 1 amide bonds. The highest BCUT2D eigenvalue weighted by molar-refractivity contribution is 8.26. The lowest BCUT2D eigenvalue weighted by Crippen LogP contribution is -2.59. The Hall–Kier alpha value is -2.28. The summed E-state index contributed by atoms with van der Waals surface area (Å²) in [5.74, 6) is -1.20. The van der Waals surface area contributed by atoms with E-state index in [1.165, 1.54) is 20.8 Å². The molecular weight excluding hydrogens is 397 g/mol. The molecule has 12 heteroatoms. The summed E-state index contributed by atoms with van der Waals surface area (Å²) in [5.41, 5.74) is -2.53. The monoisotopic (exact) mass is 419 g/mol. The van der Waals surface area contributed by atoms with E-state index in [1.54, 1.807) is 0 Å². The predicted molar refractivity (Wildman–Crippen MR) is 101 cm³/mol. The minimum absolute atomic E-state index is 0.200. The smallest absolute Gasteiger partial charge is 0.410 e. The van der Waals surface area contributed by atoms with Gasteiger partial charge in [0.1, 0.15) is 21.9 Å². The number of benzene rings is 1. The first kappa shape index (κ1) is 22.0. The Morgan fingerprint density at radius 3 is 2.50 bits per heavy atom. The molecule has 0 aromatic heterocycles. The molecule has 5 N–H and O–H groups in total. The molecule has 28 heavy (non-hydrogen) atoms. The number of amides is 1. The first-order chi connectivity index (χ1) is 12.8. The lowest BCUT2D eigenvalue weighted by atomic mass is 9.85. The molecule has 0 fully saturated rings. The van der Waals surface area contributed by atoms with E-state index in [4.69, 9.17) is 5.11 Å². The maximum atomic E-state index is 14.7. The first-order valence-corrected chi connectivity index (χ1v) is 9.82. The number of non-ortho nitro benzene ring substituents is 1. The fourth-order valence-corrected chi connectivity index (χ4v) is 5.69. The van der Waals surface area contributed by atoms with Crippen molar-refractivity contribution in [3.8, 4) is 0 Å². The zero-order valence-corrected chi connectivity index (χ0v) is 16.2. The Morgan fingerprint density at radius 2 is 2.00 bits per heavy atom. The normalized spacial score (nSPS) is 26.8. The van der Waals surface area contributed by atoms with Crippen LogP contribution in [0, 0.1) is 15.9 Å². The summed E-state index contributed by atoms with van der Waals surface area (Å²) >= 11 is 0. The number of carbonyl (C=O) groups is 1. The van der Waals surface area contributed by atoms with Crippen LogP contribution in [0.4, 0.5) is 14.9 Å². The maximum Gasteiger partial charge on any atom is 0.410 e. The Kier molecular flexibility index (Phi) is 5.72. The van der Waals surface area contributed by atoms with Crippen molar-refractivity contribution in [2.45, 2.75) is 42.7 Å². The number of aliphatic hydroxyl groups excluding tert-OH is 1. The highest BCUT2D eigenvalue weighted by atomic mass is 32.3. The third kappa shape index (κ3) is 3.43. The summed E-state index contributed by atoms with van der Waals surface area (Å²) in [4.78, 5) is 25.9. The van der Waals surface area contributed by atoms with Gasteiger partial charge in [-0.1, -0.05) is 0 Å². The van der Waals surface area contributed by atoms with Crippen LogP contribution in [0.5, 0.6) is 0 Å². The molecule has 10 nitrogen and oxygen atoms in total. The van der Waals surface area contributed by atoms with E-state index < -0.39 is 55.3 Å². The molecular formula is C16H22FN3O7S. The van der Waals surface area contributed by atoms with Crippen molar-refractivity contribution in [2.24, 2.45) is 4.99 Å². The second-order valence-electron chi connectivity index (χ2n) is 7.06. The number of hydrogen-bond acceptors (Lipinski definition) is 7. The van der Waals surface area contributed by atoms with Gasteiger partial charge in [0.2, 0.25) is 0 Å². The Labute approximate surface area is 161 Å². The molecule has 0 aliphatic carbocycles. The molecule has 0 unspecified atom stereocenters. The van der Waals surface area contributed by atoms with E-state index in [9.17, 15) is 33.5 Å². The van der Waals surface area contributed by atoms with Gasteiger partial charge in [0.25, 0.3) is 5.69 Å². The fraction of sp³-hybridized carbons (Fsp3) is 0.500. The van der Waals surface area contributed by atoms with Crippen LogP contribution in [-0.2, 0) is 5.54 Å². The number of amidine groups is 1. The zero-order valence-electron chi connectivity index (χ0n) is 15.4. The highest BCUT2D eigenvalue weighted by Gasteiger charge is 2.57. The van der Waals surface area contributed by atoms with Crippen molar-refractivity contribution >= 4 is 28.2 Å². The van der Waals surface area contributed by atoms with Crippen molar-refractivity contribution in [3.05, 3.63) is 39.7 Å². The van der Waals surface area contributed by atoms with E-state index >= 15 is 0 Å². The van der Waals surface area contributed by atoms with Crippen molar-refractivity contribution in [3.63, 3.8) is 0 Å². The summed E-state index contributed by atoms with van der Waals surface area (Å²) in [6.07, 6.45) is -1.71. The Balaban J connectivity index is 2.84. The summed E-state index contributed by atoms with van der Waals surface area (Å²) in [5, 5.41) is 30.5. The highest BCUT2D eigenvalue weighted by Crippen LogP contribution is 2.65. The van der Waals surface area contributed by atoms with E-state index in [-0.39, 0.29) is 17.8 Å². The van der Waals surface area contributed by atoms with Crippen molar-refractivity contribution in [2.75, 3.05) is 6.61 Å². The van der Waals surface area contributed by atoms with Gasteiger partial charge < -0.3 is 10.2 Å². The molecule has 0 spiro atoms. The van der Waals surface area contributed by atoms with Crippen LogP contribution in [0.25, 0.3) is 0 Å². The number of aliphatic imine (C=N–C) groups is 1. The second kappa shape index (κ2) is 7.28. The molecule has 0 bridgehead atoms. The Bertz CT molecular complexity index is 846. The molecule has 2 rings (SSSR count). The second-order valence-corrected chi connectivity index (χ2v) is 9.84. The van der Waals surface area contributed by atoms with Crippen molar-refractivity contribution < 1.29 is 33.4 Å². The molecule has 0 radical (unpaired) electrons. The number of rotatable bonds is 4. The van der Waals surface area contributed by atoms with Gasteiger partial charge in [0, 0.05) is 24.3 Å². The average molecular weight is 419 g/mol. The van der Waals surface area contributed by atoms with Crippen LogP contribution >= 0.6 is 10.6 Å². The van der Waals surface area contributed by atoms with Crippen LogP contribution in [0.3, 0.4) is 0 Å². The number of nitro benzene ring substituents is 1. The molecule has 1 heterocycles. The molecule has 1 aromatic carbocycles. The van der Waals surface area contributed by atoms with Crippen molar-refractivity contribution in [1.29, 1.82) is 0 Å². The van der Waals surface area contributed by atoms with Crippen LogP contribution in [0.15, 0.2) is 23.2 Å². The van der Waals surface area contributed by atoms with Gasteiger partial charge >= 0.3 is 6.09 Å². The zero-order chi connectivity index (χ0) is 21.5. The largest absolute Gasteiger partial charge is 0.465 e. The molecule has 1 aromatic rings. The third-order valence-electron chi connectivity index (χ3n) is 5.01. The van der Waals surface area contributed by atoms with Crippen LogP contribution in [0.1, 0.15) is 32.8 Å². The number of hydrogen-bond donors (Lipinski definition) is 5. The van der Waals surface area contributed by atoms with Crippen LogP contribution in [-0.4, -0.2) is 52.8 Å². The lowest BCUT2D eigenvalue weighted by molar-refractivity contribution is -0.385. The molecule has 156 valence electrons. The van der Waals surface area contributed by atoms with Crippen molar-refractivity contribution in [1.82, 2.24) is 5.32 Å². The fourth-order valence-electron chi connectivity index (χ4n) is 3.35. The number of nitro groups is 1. The number of nitrogens with one attached hydrogen (secondary N) is 1. The van der Waals surface area contributed by atoms with Gasteiger partial charge in [0.05, 0.1) is 10.2 Å². The number of halogens is 1. The quantitative estimate of drug-likeness (QED) is 0.369. The molecule has 0 saturated carbocycles. The summed E-state index contributed by atoms with van der Waals surface area (Å²) < 4.78 is 35.1. The minimum atomic E-state index is -3.72. The van der Waals surface area contributed by atoms with Gasteiger partial charge in [-0.15, -0.1) is 0 Å². The number of carboxylic acid groups (broad SMARTS) is 1. The average Bonchev–Trinajstić information content (AvgIpc) is 2.57. The minimum Gasteiger partial charge on any atom is -0.465 e. The van der Waals surface area contributed by atoms with Gasteiger partial charge in [-0.05, 0) is 33.3 Å². The molecule has 0 saturated heterocycles. The van der Waals surface area contributed by atoms with E-state index in [1.807, 2.05) is 5.32 Å². The molecule has 1 aliphatic heterocycles. The van der Waals surface area contributed by atoms with Gasteiger partial charge in [0.15, 0.2) is 0 Å².